The van der Waals surface area contributed by atoms with Gasteiger partial charge in [0.2, 0.25) is 17.7 Å². The minimum atomic E-state index is -1.33. The van der Waals surface area contributed by atoms with Gasteiger partial charge in [-0.05, 0) is 25.2 Å². The fourth-order valence-electron chi connectivity index (χ4n) is 2.45. The number of rotatable bonds is 15. The standard InChI is InChI=1S/C18H30N4O9/c1-9(2)7-12(18(30)31)21-13(23)8-20-17(29)11(4-6-15(26)27)22-16(28)10(19)3-5-14(24)25/h9-12H,3-8,19H2,1-2H3,(H,20,29)(H,21,23)(H,22,28)(H,24,25)(H,26,27)(H,30,31). The van der Waals surface area contributed by atoms with Crippen LogP contribution >= 0.6 is 0 Å². The van der Waals surface area contributed by atoms with Gasteiger partial charge in [-0.15, -0.1) is 0 Å². The molecule has 0 aliphatic heterocycles. The molecule has 3 atom stereocenters. The third kappa shape index (κ3) is 12.8. The number of nitrogens with two attached hydrogens (primary N) is 1. The van der Waals surface area contributed by atoms with Crippen molar-refractivity contribution in [3.63, 3.8) is 0 Å². The van der Waals surface area contributed by atoms with Gasteiger partial charge in [-0.25, -0.2) is 4.79 Å². The number of aliphatic carboxylic acids is 3. The highest BCUT2D eigenvalue weighted by Crippen LogP contribution is 2.05. The zero-order valence-corrected chi connectivity index (χ0v) is 17.4. The summed E-state index contributed by atoms with van der Waals surface area (Å²) in [6.07, 6.45) is -1.15. The molecule has 0 aromatic carbocycles. The Morgan fingerprint density at radius 2 is 1.35 bits per heavy atom. The van der Waals surface area contributed by atoms with Crippen molar-refractivity contribution in [2.24, 2.45) is 11.7 Å². The van der Waals surface area contributed by atoms with Gasteiger partial charge in [-0.1, -0.05) is 13.8 Å². The molecule has 13 nitrogen and oxygen atoms in total. The first kappa shape index (κ1) is 27.8. The van der Waals surface area contributed by atoms with Gasteiger partial charge in [-0.3, -0.25) is 24.0 Å². The lowest BCUT2D eigenvalue weighted by molar-refractivity contribution is -0.142. The largest absolute Gasteiger partial charge is 0.481 e. The van der Waals surface area contributed by atoms with E-state index in [4.69, 9.17) is 21.1 Å². The molecule has 8 N–H and O–H groups in total. The Morgan fingerprint density at radius 3 is 1.84 bits per heavy atom. The van der Waals surface area contributed by atoms with E-state index < -0.39 is 66.7 Å². The van der Waals surface area contributed by atoms with Crippen LogP contribution in [0.3, 0.4) is 0 Å². The van der Waals surface area contributed by atoms with Crippen molar-refractivity contribution in [2.45, 2.75) is 64.1 Å². The second-order valence-electron chi connectivity index (χ2n) is 7.34. The van der Waals surface area contributed by atoms with Crippen molar-refractivity contribution in [2.75, 3.05) is 6.54 Å². The normalized spacial score (nSPS) is 13.5. The van der Waals surface area contributed by atoms with E-state index in [-0.39, 0.29) is 31.6 Å². The summed E-state index contributed by atoms with van der Waals surface area (Å²) >= 11 is 0. The van der Waals surface area contributed by atoms with E-state index >= 15 is 0 Å². The monoisotopic (exact) mass is 446 g/mol. The molecule has 0 heterocycles. The van der Waals surface area contributed by atoms with Crippen molar-refractivity contribution in [3.8, 4) is 0 Å². The number of hydrogen-bond acceptors (Lipinski definition) is 7. The van der Waals surface area contributed by atoms with Crippen LogP contribution in [-0.4, -0.2) is 75.6 Å². The van der Waals surface area contributed by atoms with E-state index in [0.717, 1.165) is 0 Å². The average Bonchev–Trinajstić information content (AvgIpc) is 2.65. The van der Waals surface area contributed by atoms with Crippen LogP contribution in [-0.2, 0) is 28.8 Å². The van der Waals surface area contributed by atoms with E-state index in [2.05, 4.69) is 16.0 Å². The van der Waals surface area contributed by atoms with E-state index in [1.807, 2.05) is 0 Å². The molecule has 0 aromatic rings. The molecule has 31 heavy (non-hydrogen) atoms. The maximum atomic E-state index is 12.3. The number of amides is 3. The van der Waals surface area contributed by atoms with E-state index in [9.17, 15) is 28.8 Å². The molecule has 0 fully saturated rings. The maximum Gasteiger partial charge on any atom is 0.326 e. The lowest BCUT2D eigenvalue weighted by Crippen LogP contribution is -2.53. The molecule has 0 aliphatic carbocycles. The van der Waals surface area contributed by atoms with Crippen LogP contribution in [0.25, 0.3) is 0 Å². The summed E-state index contributed by atoms with van der Waals surface area (Å²) in [7, 11) is 0. The van der Waals surface area contributed by atoms with Crippen LogP contribution in [0.4, 0.5) is 0 Å². The molecular formula is C18H30N4O9. The number of carbonyl (C=O) groups excluding carboxylic acids is 3. The Morgan fingerprint density at radius 1 is 0.806 bits per heavy atom. The Hall–Kier alpha value is -3.22. The summed E-state index contributed by atoms with van der Waals surface area (Å²) in [6, 6.07) is -3.70. The predicted octanol–water partition coefficient (Wildman–Crippen LogP) is -1.74. The molecule has 176 valence electrons. The third-order valence-electron chi connectivity index (χ3n) is 4.05. The van der Waals surface area contributed by atoms with Crippen LogP contribution in [0.2, 0.25) is 0 Å². The Bertz CT molecular complexity index is 681. The highest BCUT2D eigenvalue weighted by Gasteiger charge is 2.26. The van der Waals surface area contributed by atoms with E-state index in [0.29, 0.717) is 0 Å². The number of carboxylic acid groups (broad SMARTS) is 3. The summed E-state index contributed by atoms with van der Waals surface area (Å²) in [5.74, 6) is -6.11. The zero-order valence-electron chi connectivity index (χ0n) is 17.4. The SMILES string of the molecule is CC(C)CC(NC(=O)CNC(=O)C(CCC(=O)O)NC(=O)C(N)CCC(=O)O)C(=O)O. The molecule has 0 bridgehead atoms. The highest BCUT2D eigenvalue weighted by atomic mass is 16.4. The molecule has 0 spiro atoms. The van der Waals surface area contributed by atoms with Crippen LogP contribution in [0.5, 0.6) is 0 Å². The first-order chi connectivity index (χ1) is 14.3. The van der Waals surface area contributed by atoms with E-state index in [1.54, 1.807) is 13.8 Å². The first-order valence-electron chi connectivity index (χ1n) is 9.62. The first-order valence-corrected chi connectivity index (χ1v) is 9.62. The van der Waals surface area contributed by atoms with Gasteiger partial charge in [0.05, 0.1) is 12.6 Å². The van der Waals surface area contributed by atoms with Gasteiger partial charge in [-0.2, -0.15) is 0 Å². The highest BCUT2D eigenvalue weighted by molar-refractivity contribution is 5.92. The molecule has 0 rings (SSSR count). The molecule has 3 amide bonds. The van der Waals surface area contributed by atoms with Crippen molar-refractivity contribution >= 4 is 35.6 Å². The number of carboxylic acids is 3. The van der Waals surface area contributed by atoms with Crippen LogP contribution < -0.4 is 21.7 Å². The summed E-state index contributed by atoms with van der Waals surface area (Å²) in [4.78, 5) is 68.9. The fourth-order valence-corrected chi connectivity index (χ4v) is 2.45. The molecule has 0 saturated heterocycles. The summed E-state index contributed by atoms with van der Waals surface area (Å²) in [6.45, 7) is 2.97. The van der Waals surface area contributed by atoms with E-state index in [1.165, 1.54) is 0 Å². The lowest BCUT2D eigenvalue weighted by Gasteiger charge is -2.20. The summed E-state index contributed by atoms with van der Waals surface area (Å²) < 4.78 is 0. The summed E-state index contributed by atoms with van der Waals surface area (Å²) in [5.41, 5.74) is 5.57. The molecule has 13 heteroatoms. The quantitative estimate of drug-likeness (QED) is 0.150. The maximum absolute atomic E-state index is 12.3. The van der Waals surface area contributed by atoms with Crippen LogP contribution in [0.15, 0.2) is 0 Å². The number of nitrogens with one attached hydrogen (secondary N) is 3. The Balaban J connectivity index is 4.91. The molecular weight excluding hydrogens is 416 g/mol. The number of hydrogen-bond donors (Lipinski definition) is 7. The smallest absolute Gasteiger partial charge is 0.326 e. The van der Waals surface area contributed by atoms with Crippen molar-refractivity contribution in [1.29, 1.82) is 0 Å². The van der Waals surface area contributed by atoms with Crippen molar-refractivity contribution in [3.05, 3.63) is 0 Å². The topological polar surface area (TPSA) is 225 Å². The second-order valence-corrected chi connectivity index (χ2v) is 7.34. The zero-order chi connectivity index (χ0) is 24.1. The summed E-state index contributed by atoms with van der Waals surface area (Å²) in [5, 5.41) is 33.3. The van der Waals surface area contributed by atoms with Gasteiger partial charge in [0.25, 0.3) is 0 Å². The van der Waals surface area contributed by atoms with Gasteiger partial charge < -0.3 is 37.0 Å². The van der Waals surface area contributed by atoms with Crippen molar-refractivity contribution < 1.29 is 44.1 Å². The molecule has 0 aliphatic rings. The Labute approximate surface area is 178 Å². The third-order valence-corrected chi connectivity index (χ3v) is 4.05. The van der Waals surface area contributed by atoms with Gasteiger partial charge in [0.1, 0.15) is 12.1 Å². The molecule has 0 radical (unpaired) electrons. The van der Waals surface area contributed by atoms with Crippen LogP contribution in [0.1, 0.15) is 46.0 Å². The second kappa shape index (κ2) is 13.9. The molecule has 0 aromatic heterocycles. The predicted molar refractivity (Wildman–Crippen MR) is 106 cm³/mol. The van der Waals surface area contributed by atoms with Gasteiger partial charge in [0.15, 0.2) is 0 Å². The minimum absolute atomic E-state index is 0.00283. The fraction of sp³-hybridized carbons (Fsp3) is 0.667. The average molecular weight is 446 g/mol. The van der Waals surface area contributed by atoms with Gasteiger partial charge >= 0.3 is 17.9 Å². The molecule has 0 saturated carbocycles. The van der Waals surface area contributed by atoms with Crippen molar-refractivity contribution in [1.82, 2.24) is 16.0 Å². The minimum Gasteiger partial charge on any atom is -0.481 e. The molecule has 3 unspecified atom stereocenters. The number of carbonyl (C=O) groups is 6. The lowest BCUT2D eigenvalue weighted by atomic mass is 10.0. The van der Waals surface area contributed by atoms with Gasteiger partial charge in [0, 0.05) is 12.8 Å². The Kier molecular flexibility index (Phi) is 12.5. The van der Waals surface area contributed by atoms with Crippen LogP contribution in [0, 0.1) is 5.92 Å².